The van der Waals surface area contributed by atoms with Crippen LogP contribution in [0.5, 0.6) is 0 Å². The molecular formula is C10H18N2. The Labute approximate surface area is 75.5 Å². The van der Waals surface area contributed by atoms with E-state index >= 15 is 0 Å². The Balaban J connectivity index is 4.64. The van der Waals surface area contributed by atoms with Gasteiger partial charge in [0.1, 0.15) is 11.8 Å². The first kappa shape index (κ1) is 11.0. The Morgan fingerprint density at radius 1 is 1.25 bits per heavy atom. The second-order valence-electron chi connectivity index (χ2n) is 3.38. The fourth-order valence-electron chi connectivity index (χ4n) is 1.42. The lowest BCUT2D eigenvalue weighted by atomic mass is 10.2. The molecule has 0 atom stereocenters. The molecule has 0 rings (SSSR count). The molecule has 0 amide bonds. The smallest absolute Gasteiger partial charge is 0.117 e. The molecule has 12 heavy (non-hydrogen) atoms. The van der Waals surface area contributed by atoms with Gasteiger partial charge in [0, 0.05) is 12.1 Å². The van der Waals surface area contributed by atoms with Crippen LogP contribution in [0.25, 0.3) is 0 Å². The van der Waals surface area contributed by atoms with Gasteiger partial charge in [-0.25, -0.2) is 0 Å². The highest BCUT2D eigenvalue weighted by Gasteiger charge is 2.14. The quantitative estimate of drug-likeness (QED) is 0.602. The highest BCUT2D eigenvalue weighted by atomic mass is 15.2. The first-order chi connectivity index (χ1) is 5.54. The summed E-state index contributed by atoms with van der Waals surface area (Å²) in [4.78, 5) is 2.11. The first-order valence-electron chi connectivity index (χ1n) is 4.39. The van der Waals surface area contributed by atoms with Gasteiger partial charge in [-0.2, -0.15) is 5.26 Å². The van der Waals surface area contributed by atoms with Crippen LogP contribution in [0.2, 0.25) is 0 Å². The van der Waals surface area contributed by atoms with Crippen LogP contribution in [0.3, 0.4) is 0 Å². The van der Waals surface area contributed by atoms with Crippen LogP contribution in [-0.4, -0.2) is 17.0 Å². The van der Waals surface area contributed by atoms with Crippen molar-refractivity contribution < 1.29 is 0 Å². The zero-order chi connectivity index (χ0) is 9.72. The first-order valence-corrected chi connectivity index (χ1v) is 4.39. The summed E-state index contributed by atoms with van der Waals surface area (Å²) in [5.74, 6) is 0. The standard InChI is InChI=1S/C10H18N2/c1-6-10(7-11)12(8(2)3)9(4)5/h6,8-9H,1-5H3. The Kier molecular flexibility index (Phi) is 4.43. The molecule has 0 heterocycles. The van der Waals surface area contributed by atoms with Gasteiger partial charge in [0.05, 0.1) is 0 Å². The molecule has 0 saturated carbocycles. The van der Waals surface area contributed by atoms with Crippen LogP contribution < -0.4 is 0 Å². The number of rotatable bonds is 3. The van der Waals surface area contributed by atoms with E-state index in [2.05, 4.69) is 38.7 Å². The summed E-state index contributed by atoms with van der Waals surface area (Å²) in [6.45, 7) is 10.3. The van der Waals surface area contributed by atoms with Crippen LogP contribution in [0, 0.1) is 11.3 Å². The number of allylic oxidation sites excluding steroid dienone is 2. The van der Waals surface area contributed by atoms with Crippen LogP contribution in [-0.2, 0) is 0 Å². The van der Waals surface area contributed by atoms with Crippen molar-refractivity contribution in [3.05, 3.63) is 11.8 Å². The summed E-state index contributed by atoms with van der Waals surface area (Å²) in [5, 5.41) is 8.83. The van der Waals surface area contributed by atoms with Gasteiger partial charge in [0.15, 0.2) is 0 Å². The zero-order valence-corrected chi connectivity index (χ0v) is 8.63. The highest BCUT2D eigenvalue weighted by Crippen LogP contribution is 2.12. The van der Waals surface area contributed by atoms with E-state index in [4.69, 9.17) is 5.26 Å². The van der Waals surface area contributed by atoms with Crippen LogP contribution in [0.15, 0.2) is 11.8 Å². The second kappa shape index (κ2) is 4.82. The lowest BCUT2D eigenvalue weighted by Gasteiger charge is -2.31. The molecule has 0 unspecified atom stereocenters. The van der Waals surface area contributed by atoms with E-state index in [1.54, 1.807) is 0 Å². The van der Waals surface area contributed by atoms with E-state index in [0.29, 0.717) is 12.1 Å². The molecule has 0 aromatic rings. The summed E-state index contributed by atoms with van der Waals surface area (Å²) in [6, 6.07) is 2.97. The third-order valence-corrected chi connectivity index (χ3v) is 1.78. The SMILES string of the molecule is CC=C(C#N)N(C(C)C)C(C)C. The lowest BCUT2D eigenvalue weighted by Crippen LogP contribution is -2.35. The van der Waals surface area contributed by atoms with Crippen molar-refractivity contribution in [2.45, 2.75) is 46.7 Å². The Hall–Kier alpha value is -0.970. The molecule has 0 aliphatic carbocycles. The molecule has 0 aliphatic heterocycles. The number of nitriles is 1. The van der Waals surface area contributed by atoms with Gasteiger partial charge in [-0.3, -0.25) is 0 Å². The van der Waals surface area contributed by atoms with Gasteiger partial charge in [0.25, 0.3) is 0 Å². The number of hydrogen-bond donors (Lipinski definition) is 0. The minimum atomic E-state index is 0.385. The van der Waals surface area contributed by atoms with Crippen molar-refractivity contribution in [3.63, 3.8) is 0 Å². The third-order valence-electron chi connectivity index (χ3n) is 1.78. The van der Waals surface area contributed by atoms with Crippen molar-refractivity contribution in [2.75, 3.05) is 0 Å². The van der Waals surface area contributed by atoms with Gasteiger partial charge in [-0.15, -0.1) is 0 Å². The summed E-state index contributed by atoms with van der Waals surface area (Å²) < 4.78 is 0. The largest absolute Gasteiger partial charge is 0.358 e. The molecule has 0 spiro atoms. The molecular weight excluding hydrogens is 148 g/mol. The van der Waals surface area contributed by atoms with E-state index < -0.39 is 0 Å². The van der Waals surface area contributed by atoms with Crippen molar-refractivity contribution in [2.24, 2.45) is 0 Å². The fraction of sp³-hybridized carbons (Fsp3) is 0.700. The summed E-state index contributed by atoms with van der Waals surface area (Å²) >= 11 is 0. The van der Waals surface area contributed by atoms with Gasteiger partial charge >= 0.3 is 0 Å². The Morgan fingerprint density at radius 3 is 1.75 bits per heavy atom. The molecule has 0 aromatic heterocycles. The molecule has 0 aromatic carbocycles. The molecule has 68 valence electrons. The monoisotopic (exact) mass is 166 g/mol. The Bertz CT molecular complexity index is 188. The second-order valence-corrected chi connectivity index (χ2v) is 3.38. The summed E-state index contributed by atoms with van der Waals surface area (Å²) in [6.07, 6.45) is 1.86. The van der Waals surface area contributed by atoms with Gasteiger partial charge in [-0.05, 0) is 34.6 Å². The van der Waals surface area contributed by atoms with Crippen LogP contribution in [0.1, 0.15) is 34.6 Å². The maximum Gasteiger partial charge on any atom is 0.117 e. The van der Waals surface area contributed by atoms with Crippen molar-refractivity contribution in [1.82, 2.24) is 4.90 Å². The average molecular weight is 166 g/mol. The van der Waals surface area contributed by atoms with Crippen molar-refractivity contribution in [1.29, 1.82) is 5.26 Å². The Morgan fingerprint density at radius 2 is 1.67 bits per heavy atom. The molecule has 2 heteroatoms. The highest BCUT2D eigenvalue weighted by molar-refractivity contribution is 5.19. The molecule has 0 radical (unpaired) electrons. The van der Waals surface area contributed by atoms with E-state index in [1.165, 1.54) is 0 Å². The number of hydrogen-bond acceptors (Lipinski definition) is 2. The van der Waals surface area contributed by atoms with E-state index in [9.17, 15) is 0 Å². The molecule has 0 saturated heterocycles. The summed E-state index contributed by atoms with van der Waals surface area (Å²) in [7, 11) is 0. The van der Waals surface area contributed by atoms with Gasteiger partial charge in [-0.1, -0.05) is 6.08 Å². The minimum Gasteiger partial charge on any atom is -0.358 e. The van der Waals surface area contributed by atoms with E-state index in [0.717, 1.165) is 5.70 Å². The third kappa shape index (κ3) is 2.58. The minimum absolute atomic E-state index is 0.385. The number of nitrogens with zero attached hydrogens (tertiary/aromatic N) is 2. The topological polar surface area (TPSA) is 27.0 Å². The van der Waals surface area contributed by atoms with E-state index in [1.807, 2.05) is 13.0 Å². The summed E-state index contributed by atoms with van der Waals surface area (Å²) in [5.41, 5.74) is 0.764. The zero-order valence-electron chi connectivity index (χ0n) is 8.63. The van der Waals surface area contributed by atoms with Gasteiger partial charge < -0.3 is 4.90 Å². The van der Waals surface area contributed by atoms with Gasteiger partial charge in [0.2, 0.25) is 0 Å². The molecule has 0 fully saturated rings. The molecule has 0 aliphatic rings. The maximum atomic E-state index is 8.83. The lowest BCUT2D eigenvalue weighted by molar-refractivity contribution is 0.240. The average Bonchev–Trinajstić information content (AvgIpc) is 1.98. The maximum absolute atomic E-state index is 8.83. The van der Waals surface area contributed by atoms with Crippen LogP contribution in [0.4, 0.5) is 0 Å². The normalized spacial score (nSPS) is 12.0. The predicted molar refractivity (Wildman–Crippen MR) is 51.5 cm³/mol. The van der Waals surface area contributed by atoms with E-state index in [-0.39, 0.29) is 0 Å². The predicted octanol–water partition coefficient (Wildman–Crippen LogP) is 2.53. The molecule has 2 nitrogen and oxygen atoms in total. The fourth-order valence-corrected chi connectivity index (χ4v) is 1.42. The van der Waals surface area contributed by atoms with Crippen molar-refractivity contribution in [3.8, 4) is 6.07 Å². The van der Waals surface area contributed by atoms with Crippen molar-refractivity contribution >= 4 is 0 Å². The molecule has 0 N–H and O–H groups in total. The van der Waals surface area contributed by atoms with Crippen LogP contribution >= 0.6 is 0 Å². The molecule has 0 bridgehead atoms.